The summed E-state index contributed by atoms with van der Waals surface area (Å²) in [6.07, 6.45) is 0. The van der Waals surface area contributed by atoms with Crippen LogP contribution in [0, 0.1) is 11.3 Å². The van der Waals surface area contributed by atoms with E-state index in [-0.39, 0.29) is 0 Å². The van der Waals surface area contributed by atoms with Crippen LogP contribution in [-0.4, -0.2) is 15.0 Å². The van der Waals surface area contributed by atoms with Crippen LogP contribution in [0.5, 0.6) is 0 Å². The van der Waals surface area contributed by atoms with E-state index in [1.165, 1.54) is 0 Å². The van der Waals surface area contributed by atoms with Crippen LogP contribution in [-0.2, 0) is 5.41 Å². The van der Waals surface area contributed by atoms with E-state index in [1.807, 2.05) is 84.9 Å². The number of aromatic nitrogens is 3. The summed E-state index contributed by atoms with van der Waals surface area (Å²) in [7, 11) is 0. The van der Waals surface area contributed by atoms with Gasteiger partial charge in [0.2, 0.25) is 0 Å². The molecular formula is C47H28N4O. The zero-order valence-corrected chi connectivity index (χ0v) is 27.9. The van der Waals surface area contributed by atoms with Crippen LogP contribution in [0.1, 0.15) is 27.8 Å². The van der Waals surface area contributed by atoms with Gasteiger partial charge < -0.3 is 4.42 Å². The van der Waals surface area contributed by atoms with E-state index in [0.717, 1.165) is 72.0 Å². The van der Waals surface area contributed by atoms with Gasteiger partial charge in [-0.05, 0) is 57.6 Å². The molecule has 0 aliphatic heterocycles. The number of nitrogens with zero attached hydrogens (tertiary/aromatic N) is 4. The first-order valence-corrected chi connectivity index (χ1v) is 17.3. The molecule has 52 heavy (non-hydrogen) atoms. The fraction of sp³-hybridized carbons (Fsp3) is 0.0213. The number of fused-ring (bicyclic) bond motifs is 7. The van der Waals surface area contributed by atoms with Crippen molar-refractivity contribution in [3.63, 3.8) is 0 Å². The van der Waals surface area contributed by atoms with Gasteiger partial charge >= 0.3 is 0 Å². The summed E-state index contributed by atoms with van der Waals surface area (Å²) in [5, 5.41) is 11.8. The van der Waals surface area contributed by atoms with Crippen molar-refractivity contribution in [1.82, 2.24) is 15.0 Å². The first-order chi connectivity index (χ1) is 25.7. The predicted octanol–water partition coefficient (Wildman–Crippen LogP) is 11.0. The molecule has 5 heteroatoms. The predicted molar refractivity (Wildman–Crippen MR) is 205 cm³/mol. The lowest BCUT2D eigenvalue weighted by atomic mass is 9.67. The van der Waals surface area contributed by atoms with Crippen molar-refractivity contribution in [2.24, 2.45) is 0 Å². The minimum absolute atomic E-state index is 0.525. The molecule has 0 radical (unpaired) electrons. The topological polar surface area (TPSA) is 75.6 Å². The summed E-state index contributed by atoms with van der Waals surface area (Å²) in [6.45, 7) is 0. The van der Waals surface area contributed by atoms with E-state index in [1.54, 1.807) is 0 Å². The van der Waals surface area contributed by atoms with Crippen LogP contribution < -0.4 is 0 Å². The minimum atomic E-state index is -0.722. The molecule has 7 aromatic carbocycles. The van der Waals surface area contributed by atoms with Crippen LogP contribution in [0.25, 0.3) is 67.2 Å². The van der Waals surface area contributed by atoms with Gasteiger partial charge in [-0.15, -0.1) is 0 Å². The summed E-state index contributed by atoms with van der Waals surface area (Å²) in [5.74, 6) is 1.69. The Labute approximate surface area is 300 Å². The molecule has 10 rings (SSSR count). The Kier molecular flexibility index (Phi) is 6.70. The molecule has 1 atom stereocenters. The van der Waals surface area contributed by atoms with Crippen LogP contribution >= 0.6 is 0 Å². The van der Waals surface area contributed by atoms with Crippen molar-refractivity contribution in [2.45, 2.75) is 5.41 Å². The van der Waals surface area contributed by atoms with Gasteiger partial charge in [0.1, 0.15) is 11.2 Å². The number of rotatable bonds is 5. The van der Waals surface area contributed by atoms with Gasteiger partial charge in [0.25, 0.3) is 0 Å². The van der Waals surface area contributed by atoms with Gasteiger partial charge in [-0.25, -0.2) is 15.0 Å². The van der Waals surface area contributed by atoms with Gasteiger partial charge in [-0.2, -0.15) is 5.26 Å². The molecule has 242 valence electrons. The molecule has 0 N–H and O–H groups in total. The number of benzene rings is 7. The second-order valence-electron chi connectivity index (χ2n) is 13.0. The van der Waals surface area contributed by atoms with E-state index in [2.05, 4.69) is 91.0 Å². The largest absolute Gasteiger partial charge is 0.455 e. The van der Waals surface area contributed by atoms with Gasteiger partial charge in [-0.1, -0.05) is 146 Å². The molecule has 0 bridgehead atoms. The second kappa shape index (κ2) is 11.7. The first-order valence-electron chi connectivity index (χ1n) is 17.3. The quantitative estimate of drug-likeness (QED) is 0.183. The molecule has 2 aromatic heterocycles. The smallest absolute Gasteiger partial charge is 0.167 e. The molecule has 0 saturated carbocycles. The van der Waals surface area contributed by atoms with Crippen LogP contribution in [0.15, 0.2) is 174 Å². The summed E-state index contributed by atoms with van der Waals surface area (Å²) >= 11 is 0. The van der Waals surface area contributed by atoms with Gasteiger partial charge in [0, 0.05) is 21.9 Å². The minimum Gasteiger partial charge on any atom is -0.455 e. The number of para-hydroxylation sites is 1. The van der Waals surface area contributed by atoms with Crippen molar-refractivity contribution in [2.75, 3.05) is 0 Å². The van der Waals surface area contributed by atoms with E-state index < -0.39 is 5.41 Å². The lowest BCUT2D eigenvalue weighted by molar-refractivity contribution is 0.669. The SMILES string of the molecule is N#Cc1ccc(C2(c3ccccc3)c3ccccc3-c3c2cc(-c2nc(-c4ccccc4)nc(-c4ccccc4)n2)c2oc4ccccc4c32)cc1. The molecule has 2 heterocycles. The highest BCUT2D eigenvalue weighted by Crippen LogP contribution is 2.60. The maximum absolute atomic E-state index is 9.78. The fourth-order valence-corrected chi connectivity index (χ4v) is 8.02. The molecule has 0 fully saturated rings. The third-order valence-corrected chi connectivity index (χ3v) is 10.2. The Bertz CT molecular complexity index is 2780. The molecule has 0 saturated heterocycles. The summed E-state index contributed by atoms with van der Waals surface area (Å²) in [5.41, 5.74) is 10.7. The van der Waals surface area contributed by atoms with Crippen molar-refractivity contribution < 1.29 is 4.42 Å². The summed E-state index contributed by atoms with van der Waals surface area (Å²) in [4.78, 5) is 15.4. The molecule has 5 nitrogen and oxygen atoms in total. The highest BCUT2D eigenvalue weighted by molar-refractivity contribution is 6.19. The maximum Gasteiger partial charge on any atom is 0.167 e. The monoisotopic (exact) mass is 664 g/mol. The van der Waals surface area contributed by atoms with Gasteiger partial charge in [0.05, 0.1) is 22.6 Å². The average molecular weight is 665 g/mol. The highest BCUT2D eigenvalue weighted by atomic mass is 16.3. The Morgan fingerprint density at radius 1 is 0.500 bits per heavy atom. The Morgan fingerprint density at radius 3 is 1.73 bits per heavy atom. The van der Waals surface area contributed by atoms with E-state index in [4.69, 9.17) is 19.4 Å². The maximum atomic E-state index is 9.78. The fourth-order valence-electron chi connectivity index (χ4n) is 8.02. The van der Waals surface area contributed by atoms with Crippen LogP contribution in [0.2, 0.25) is 0 Å². The standard InChI is InChI=1S/C47H28N4O/c48-29-30-24-26-34(27-25-30)47(33-18-8-3-9-19-33)38-22-12-10-20-35(38)41-39(47)28-37(43-42(41)36-21-11-13-23-40(36)52-43)46-50-44(31-14-4-1-5-15-31)49-45(51-46)32-16-6-2-7-17-32/h1-28H. The molecule has 0 amide bonds. The summed E-state index contributed by atoms with van der Waals surface area (Å²) in [6, 6.07) is 60.2. The molecular weight excluding hydrogens is 637 g/mol. The van der Waals surface area contributed by atoms with Crippen molar-refractivity contribution in [1.29, 1.82) is 5.26 Å². The van der Waals surface area contributed by atoms with Crippen LogP contribution in [0.3, 0.4) is 0 Å². The molecule has 1 aliphatic rings. The number of hydrogen-bond donors (Lipinski definition) is 0. The molecule has 1 aliphatic carbocycles. The van der Waals surface area contributed by atoms with Gasteiger partial charge in [0.15, 0.2) is 17.5 Å². The highest BCUT2D eigenvalue weighted by Gasteiger charge is 2.48. The van der Waals surface area contributed by atoms with Gasteiger partial charge in [-0.3, -0.25) is 0 Å². The van der Waals surface area contributed by atoms with Crippen molar-refractivity contribution in [3.8, 4) is 51.4 Å². The Hall–Kier alpha value is -7.16. The number of furan rings is 1. The van der Waals surface area contributed by atoms with E-state index in [9.17, 15) is 5.26 Å². The Morgan fingerprint density at radius 2 is 1.06 bits per heavy atom. The zero-order valence-electron chi connectivity index (χ0n) is 27.9. The molecule has 0 spiro atoms. The normalized spacial score (nSPS) is 14.6. The van der Waals surface area contributed by atoms with Crippen molar-refractivity contribution in [3.05, 3.63) is 198 Å². The Balaban J connectivity index is 1.38. The van der Waals surface area contributed by atoms with E-state index >= 15 is 0 Å². The third kappa shape index (κ3) is 4.38. The van der Waals surface area contributed by atoms with E-state index in [0.29, 0.717) is 23.0 Å². The first kappa shape index (κ1) is 29.7. The molecule has 1 unspecified atom stereocenters. The van der Waals surface area contributed by atoms with Crippen LogP contribution in [0.4, 0.5) is 0 Å². The lowest BCUT2D eigenvalue weighted by Gasteiger charge is -2.34. The lowest BCUT2D eigenvalue weighted by Crippen LogP contribution is -2.28. The average Bonchev–Trinajstić information content (AvgIpc) is 3.75. The summed E-state index contributed by atoms with van der Waals surface area (Å²) < 4.78 is 6.84. The zero-order chi connectivity index (χ0) is 34.6. The number of nitriles is 1. The second-order valence-corrected chi connectivity index (χ2v) is 13.0. The number of hydrogen-bond acceptors (Lipinski definition) is 5. The van der Waals surface area contributed by atoms with Crippen molar-refractivity contribution >= 4 is 21.9 Å². The third-order valence-electron chi connectivity index (χ3n) is 10.2. The molecule has 9 aromatic rings.